The Morgan fingerprint density at radius 1 is 0.938 bits per heavy atom. The van der Waals surface area contributed by atoms with E-state index in [1.807, 2.05) is 11.3 Å². The van der Waals surface area contributed by atoms with E-state index in [0.717, 1.165) is 0 Å². The summed E-state index contributed by atoms with van der Waals surface area (Å²) in [4.78, 5) is 2.58. The molecule has 0 aliphatic carbocycles. The SMILES string of the molecule is c1ccc2c(N3CCCCCC3)csc2c1. The molecule has 0 amide bonds. The second-order valence-corrected chi connectivity index (χ2v) is 5.43. The van der Waals surface area contributed by atoms with Crippen molar-refractivity contribution < 1.29 is 0 Å². The molecule has 1 nitrogen and oxygen atoms in total. The van der Waals surface area contributed by atoms with Crippen molar-refractivity contribution in [2.75, 3.05) is 18.0 Å². The van der Waals surface area contributed by atoms with Crippen molar-refractivity contribution in [1.82, 2.24) is 0 Å². The van der Waals surface area contributed by atoms with Crippen molar-refractivity contribution in [3.05, 3.63) is 29.6 Å². The largest absolute Gasteiger partial charge is 0.370 e. The Morgan fingerprint density at radius 3 is 2.50 bits per heavy atom. The predicted octanol–water partition coefficient (Wildman–Crippen LogP) is 4.28. The summed E-state index contributed by atoms with van der Waals surface area (Å²) in [5.74, 6) is 0. The van der Waals surface area contributed by atoms with Crippen LogP contribution in [0.25, 0.3) is 10.1 Å². The van der Waals surface area contributed by atoms with Crippen LogP contribution in [0.3, 0.4) is 0 Å². The van der Waals surface area contributed by atoms with Gasteiger partial charge in [0.1, 0.15) is 0 Å². The van der Waals surface area contributed by atoms with E-state index in [9.17, 15) is 0 Å². The monoisotopic (exact) mass is 231 g/mol. The van der Waals surface area contributed by atoms with E-state index in [-0.39, 0.29) is 0 Å². The molecule has 16 heavy (non-hydrogen) atoms. The van der Waals surface area contributed by atoms with Crippen LogP contribution >= 0.6 is 11.3 Å². The van der Waals surface area contributed by atoms with E-state index in [1.165, 1.54) is 54.5 Å². The molecule has 1 aromatic heterocycles. The summed E-state index contributed by atoms with van der Waals surface area (Å²) >= 11 is 1.87. The number of rotatable bonds is 1. The highest BCUT2D eigenvalue weighted by Crippen LogP contribution is 2.33. The first-order valence-electron chi connectivity index (χ1n) is 6.16. The lowest BCUT2D eigenvalue weighted by molar-refractivity contribution is 0.726. The maximum Gasteiger partial charge on any atom is 0.0554 e. The summed E-state index contributed by atoms with van der Waals surface area (Å²) in [5.41, 5.74) is 1.46. The van der Waals surface area contributed by atoms with Crippen LogP contribution in [0, 0.1) is 0 Å². The second-order valence-electron chi connectivity index (χ2n) is 4.52. The molecular weight excluding hydrogens is 214 g/mol. The minimum absolute atomic E-state index is 1.24. The van der Waals surface area contributed by atoms with Gasteiger partial charge in [-0.1, -0.05) is 31.0 Å². The fraction of sp³-hybridized carbons (Fsp3) is 0.429. The lowest BCUT2D eigenvalue weighted by atomic mass is 10.2. The van der Waals surface area contributed by atoms with Gasteiger partial charge in [-0.2, -0.15) is 0 Å². The average Bonchev–Trinajstić information content (AvgIpc) is 2.57. The zero-order valence-corrected chi connectivity index (χ0v) is 10.3. The zero-order chi connectivity index (χ0) is 10.8. The fourth-order valence-corrected chi connectivity index (χ4v) is 3.49. The fourth-order valence-electron chi connectivity index (χ4n) is 2.52. The summed E-state index contributed by atoms with van der Waals surface area (Å²) in [6, 6.07) is 8.76. The van der Waals surface area contributed by atoms with Crippen LogP contribution in [0.4, 0.5) is 5.69 Å². The first-order valence-corrected chi connectivity index (χ1v) is 7.04. The normalized spacial score (nSPS) is 17.6. The molecule has 0 atom stereocenters. The highest BCUT2D eigenvalue weighted by Gasteiger charge is 2.13. The number of thiophene rings is 1. The van der Waals surface area contributed by atoms with Gasteiger partial charge < -0.3 is 4.90 Å². The van der Waals surface area contributed by atoms with Gasteiger partial charge in [-0.3, -0.25) is 0 Å². The molecule has 0 bridgehead atoms. The molecule has 1 fully saturated rings. The molecule has 2 aromatic rings. The van der Waals surface area contributed by atoms with Crippen molar-refractivity contribution in [3.63, 3.8) is 0 Å². The average molecular weight is 231 g/mol. The Bertz CT molecular complexity index is 466. The zero-order valence-electron chi connectivity index (χ0n) is 9.48. The van der Waals surface area contributed by atoms with E-state index in [4.69, 9.17) is 0 Å². The van der Waals surface area contributed by atoms with Crippen molar-refractivity contribution in [3.8, 4) is 0 Å². The smallest absolute Gasteiger partial charge is 0.0554 e. The minimum atomic E-state index is 1.24. The lowest BCUT2D eigenvalue weighted by Gasteiger charge is -2.21. The number of anilines is 1. The van der Waals surface area contributed by atoms with Gasteiger partial charge in [0.05, 0.1) is 5.69 Å². The van der Waals surface area contributed by atoms with Gasteiger partial charge in [0.15, 0.2) is 0 Å². The molecular formula is C14H17NS. The Labute approximate surface area is 101 Å². The molecule has 1 aliphatic heterocycles. The number of hydrogen-bond acceptors (Lipinski definition) is 2. The molecule has 84 valence electrons. The third-order valence-electron chi connectivity index (χ3n) is 3.41. The van der Waals surface area contributed by atoms with Crippen LogP contribution in [0.5, 0.6) is 0 Å². The third kappa shape index (κ3) is 1.82. The molecule has 1 aromatic carbocycles. The van der Waals surface area contributed by atoms with Crippen molar-refractivity contribution in [2.45, 2.75) is 25.7 Å². The van der Waals surface area contributed by atoms with Crippen LogP contribution < -0.4 is 4.90 Å². The van der Waals surface area contributed by atoms with Crippen LogP contribution in [-0.2, 0) is 0 Å². The van der Waals surface area contributed by atoms with Crippen LogP contribution in [0.2, 0.25) is 0 Å². The lowest BCUT2D eigenvalue weighted by Crippen LogP contribution is -2.23. The molecule has 0 radical (unpaired) electrons. The van der Waals surface area contributed by atoms with Gasteiger partial charge in [-0.25, -0.2) is 0 Å². The second kappa shape index (κ2) is 4.46. The molecule has 1 saturated heterocycles. The first kappa shape index (κ1) is 10.2. The topological polar surface area (TPSA) is 3.24 Å². The van der Waals surface area contributed by atoms with E-state index in [2.05, 4.69) is 34.5 Å². The Balaban J connectivity index is 1.97. The number of benzene rings is 1. The number of hydrogen-bond donors (Lipinski definition) is 0. The highest BCUT2D eigenvalue weighted by molar-refractivity contribution is 7.17. The maximum absolute atomic E-state index is 2.58. The number of fused-ring (bicyclic) bond motifs is 1. The Morgan fingerprint density at radius 2 is 1.69 bits per heavy atom. The molecule has 2 heteroatoms. The number of nitrogens with zero attached hydrogens (tertiary/aromatic N) is 1. The molecule has 0 spiro atoms. The van der Waals surface area contributed by atoms with E-state index in [0.29, 0.717) is 0 Å². The highest BCUT2D eigenvalue weighted by atomic mass is 32.1. The van der Waals surface area contributed by atoms with Gasteiger partial charge in [-0.05, 0) is 18.9 Å². The summed E-state index contributed by atoms with van der Waals surface area (Å²) in [5, 5.41) is 3.77. The first-order chi connectivity index (χ1) is 7.95. The molecule has 3 rings (SSSR count). The van der Waals surface area contributed by atoms with E-state index >= 15 is 0 Å². The van der Waals surface area contributed by atoms with Crippen molar-refractivity contribution in [1.29, 1.82) is 0 Å². The summed E-state index contributed by atoms with van der Waals surface area (Å²) in [7, 11) is 0. The predicted molar refractivity (Wildman–Crippen MR) is 72.5 cm³/mol. The molecule has 0 N–H and O–H groups in total. The van der Waals surface area contributed by atoms with Gasteiger partial charge in [0, 0.05) is 28.6 Å². The van der Waals surface area contributed by atoms with Crippen molar-refractivity contribution >= 4 is 27.1 Å². The Kier molecular flexibility index (Phi) is 2.83. The molecule has 0 saturated carbocycles. The quantitative estimate of drug-likeness (QED) is 0.708. The maximum atomic E-state index is 2.58. The van der Waals surface area contributed by atoms with Crippen molar-refractivity contribution in [2.24, 2.45) is 0 Å². The standard InChI is InChI=1S/C14H17NS/c1-2-6-10-15(9-5-1)13-11-16-14-8-4-3-7-12(13)14/h3-4,7-8,11H,1-2,5-6,9-10H2. The summed E-state index contributed by atoms with van der Waals surface area (Å²) < 4.78 is 1.42. The minimum Gasteiger partial charge on any atom is -0.370 e. The molecule has 2 heterocycles. The van der Waals surface area contributed by atoms with Crippen LogP contribution in [0.15, 0.2) is 29.6 Å². The summed E-state index contributed by atoms with van der Waals surface area (Å²) in [6.45, 7) is 2.47. The third-order valence-corrected chi connectivity index (χ3v) is 4.36. The van der Waals surface area contributed by atoms with Gasteiger partial charge >= 0.3 is 0 Å². The van der Waals surface area contributed by atoms with Crippen LogP contribution in [-0.4, -0.2) is 13.1 Å². The molecule has 1 aliphatic rings. The van der Waals surface area contributed by atoms with Gasteiger partial charge in [0.25, 0.3) is 0 Å². The van der Waals surface area contributed by atoms with Gasteiger partial charge in [0.2, 0.25) is 0 Å². The Hall–Kier alpha value is -1.02. The summed E-state index contributed by atoms with van der Waals surface area (Å²) in [6.07, 6.45) is 5.51. The van der Waals surface area contributed by atoms with Crippen LogP contribution in [0.1, 0.15) is 25.7 Å². The van der Waals surface area contributed by atoms with E-state index < -0.39 is 0 Å². The van der Waals surface area contributed by atoms with E-state index in [1.54, 1.807) is 0 Å². The van der Waals surface area contributed by atoms with Gasteiger partial charge in [-0.15, -0.1) is 11.3 Å². The molecule has 0 unspecified atom stereocenters.